The lowest BCUT2D eigenvalue weighted by Crippen LogP contribution is -1.96. The SMILES string of the molecule is CCCc1ccccc1Oc1cccc(-c2nccc(C)n2)n1. The molecule has 116 valence electrons. The van der Waals surface area contributed by atoms with Gasteiger partial charge in [-0.2, -0.15) is 0 Å². The first-order chi connectivity index (χ1) is 11.3. The molecule has 0 aliphatic carbocycles. The van der Waals surface area contributed by atoms with Crippen molar-refractivity contribution >= 4 is 0 Å². The molecule has 23 heavy (non-hydrogen) atoms. The monoisotopic (exact) mass is 305 g/mol. The summed E-state index contributed by atoms with van der Waals surface area (Å²) in [7, 11) is 0. The summed E-state index contributed by atoms with van der Waals surface area (Å²) in [4.78, 5) is 13.2. The molecule has 0 fully saturated rings. The zero-order valence-corrected chi connectivity index (χ0v) is 13.4. The highest BCUT2D eigenvalue weighted by molar-refractivity contribution is 5.50. The maximum atomic E-state index is 5.99. The van der Waals surface area contributed by atoms with Crippen LogP contribution in [0, 0.1) is 6.92 Å². The summed E-state index contributed by atoms with van der Waals surface area (Å²) in [5.41, 5.74) is 2.81. The molecular weight excluding hydrogens is 286 g/mol. The van der Waals surface area contributed by atoms with E-state index in [1.54, 1.807) is 6.20 Å². The van der Waals surface area contributed by atoms with Gasteiger partial charge in [0, 0.05) is 18.0 Å². The van der Waals surface area contributed by atoms with Crippen LogP contribution in [-0.4, -0.2) is 15.0 Å². The van der Waals surface area contributed by atoms with Gasteiger partial charge >= 0.3 is 0 Å². The third kappa shape index (κ3) is 3.72. The second kappa shape index (κ2) is 7.01. The molecule has 0 aliphatic heterocycles. The zero-order valence-electron chi connectivity index (χ0n) is 13.4. The highest BCUT2D eigenvalue weighted by atomic mass is 16.5. The lowest BCUT2D eigenvalue weighted by atomic mass is 10.1. The average molecular weight is 305 g/mol. The van der Waals surface area contributed by atoms with Gasteiger partial charge < -0.3 is 4.74 Å². The second-order valence-electron chi connectivity index (χ2n) is 5.34. The van der Waals surface area contributed by atoms with Crippen LogP contribution in [0.4, 0.5) is 0 Å². The van der Waals surface area contributed by atoms with Crippen LogP contribution < -0.4 is 4.74 Å². The third-order valence-electron chi connectivity index (χ3n) is 3.45. The fourth-order valence-electron chi connectivity index (χ4n) is 2.36. The van der Waals surface area contributed by atoms with E-state index >= 15 is 0 Å². The van der Waals surface area contributed by atoms with Crippen LogP contribution in [0.15, 0.2) is 54.7 Å². The van der Waals surface area contributed by atoms with Gasteiger partial charge in [0.1, 0.15) is 11.4 Å². The van der Waals surface area contributed by atoms with E-state index in [9.17, 15) is 0 Å². The van der Waals surface area contributed by atoms with Gasteiger partial charge in [0.05, 0.1) is 0 Å². The van der Waals surface area contributed by atoms with Crippen molar-refractivity contribution in [2.45, 2.75) is 26.7 Å². The van der Waals surface area contributed by atoms with Crippen molar-refractivity contribution in [2.24, 2.45) is 0 Å². The van der Waals surface area contributed by atoms with Gasteiger partial charge in [-0.15, -0.1) is 0 Å². The van der Waals surface area contributed by atoms with E-state index in [0.29, 0.717) is 17.4 Å². The van der Waals surface area contributed by atoms with Crippen LogP contribution in [-0.2, 0) is 6.42 Å². The molecule has 0 N–H and O–H groups in total. The molecule has 3 aromatic rings. The van der Waals surface area contributed by atoms with Gasteiger partial charge in [-0.3, -0.25) is 0 Å². The van der Waals surface area contributed by atoms with E-state index in [4.69, 9.17) is 4.74 Å². The Morgan fingerprint density at radius 1 is 0.957 bits per heavy atom. The van der Waals surface area contributed by atoms with Gasteiger partial charge in [-0.1, -0.05) is 37.6 Å². The molecule has 4 nitrogen and oxygen atoms in total. The van der Waals surface area contributed by atoms with E-state index in [-0.39, 0.29) is 0 Å². The minimum atomic E-state index is 0.552. The number of pyridine rings is 1. The minimum absolute atomic E-state index is 0.552. The van der Waals surface area contributed by atoms with Crippen molar-refractivity contribution in [3.63, 3.8) is 0 Å². The summed E-state index contributed by atoms with van der Waals surface area (Å²) in [6.07, 6.45) is 3.80. The molecule has 0 spiro atoms. The van der Waals surface area contributed by atoms with Crippen LogP contribution in [0.2, 0.25) is 0 Å². The van der Waals surface area contributed by atoms with Crippen molar-refractivity contribution in [1.82, 2.24) is 15.0 Å². The molecular formula is C19H19N3O. The first-order valence-corrected chi connectivity index (χ1v) is 7.79. The lowest BCUT2D eigenvalue weighted by molar-refractivity contribution is 0.457. The maximum Gasteiger partial charge on any atom is 0.219 e. The average Bonchev–Trinajstić information content (AvgIpc) is 2.57. The zero-order chi connectivity index (χ0) is 16.1. The number of aryl methyl sites for hydroxylation is 2. The van der Waals surface area contributed by atoms with Crippen LogP contribution in [0.3, 0.4) is 0 Å². The molecule has 0 radical (unpaired) electrons. The highest BCUT2D eigenvalue weighted by Gasteiger charge is 2.08. The predicted octanol–water partition coefficient (Wildman–Crippen LogP) is 4.59. The molecule has 0 saturated heterocycles. The Balaban J connectivity index is 1.89. The van der Waals surface area contributed by atoms with Crippen LogP contribution in [0.1, 0.15) is 24.6 Å². The molecule has 0 saturated carbocycles. The Labute approximate surface area is 136 Å². The Morgan fingerprint density at radius 2 is 1.83 bits per heavy atom. The van der Waals surface area contributed by atoms with E-state index < -0.39 is 0 Å². The van der Waals surface area contributed by atoms with Gasteiger partial charge in [-0.25, -0.2) is 15.0 Å². The molecule has 3 rings (SSSR count). The number of aromatic nitrogens is 3. The molecule has 0 atom stereocenters. The van der Waals surface area contributed by atoms with Crippen molar-refractivity contribution < 1.29 is 4.74 Å². The van der Waals surface area contributed by atoms with E-state index in [2.05, 4.69) is 27.9 Å². The number of hydrogen-bond donors (Lipinski definition) is 0. The van der Waals surface area contributed by atoms with E-state index in [0.717, 1.165) is 24.3 Å². The van der Waals surface area contributed by atoms with Crippen LogP contribution in [0.5, 0.6) is 11.6 Å². The summed E-state index contributed by atoms with van der Waals surface area (Å²) >= 11 is 0. The summed E-state index contributed by atoms with van der Waals surface area (Å²) in [5, 5.41) is 0. The van der Waals surface area contributed by atoms with Crippen LogP contribution in [0.25, 0.3) is 11.5 Å². The maximum absolute atomic E-state index is 5.99. The summed E-state index contributed by atoms with van der Waals surface area (Å²) in [6, 6.07) is 15.6. The lowest BCUT2D eigenvalue weighted by Gasteiger charge is -2.10. The van der Waals surface area contributed by atoms with Crippen molar-refractivity contribution in [1.29, 1.82) is 0 Å². The van der Waals surface area contributed by atoms with Gasteiger partial charge in [0.25, 0.3) is 0 Å². The fourth-order valence-corrected chi connectivity index (χ4v) is 2.36. The first kappa shape index (κ1) is 15.2. The number of benzene rings is 1. The molecule has 4 heteroatoms. The van der Waals surface area contributed by atoms with Crippen molar-refractivity contribution in [3.8, 4) is 23.1 Å². The molecule has 2 aromatic heterocycles. The summed E-state index contributed by atoms with van der Waals surface area (Å²) in [5.74, 6) is 2.01. The van der Waals surface area contributed by atoms with Crippen molar-refractivity contribution in [3.05, 3.63) is 66.0 Å². The van der Waals surface area contributed by atoms with E-state index in [1.165, 1.54) is 5.56 Å². The fraction of sp³-hybridized carbons (Fsp3) is 0.211. The predicted molar refractivity (Wildman–Crippen MR) is 90.5 cm³/mol. The Bertz CT molecular complexity index is 802. The third-order valence-corrected chi connectivity index (χ3v) is 3.45. The van der Waals surface area contributed by atoms with Crippen molar-refractivity contribution in [2.75, 3.05) is 0 Å². The van der Waals surface area contributed by atoms with Gasteiger partial charge in [0.15, 0.2) is 5.82 Å². The minimum Gasteiger partial charge on any atom is -0.439 e. The molecule has 2 heterocycles. The summed E-state index contributed by atoms with van der Waals surface area (Å²) in [6.45, 7) is 4.09. The number of rotatable bonds is 5. The molecule has 0 aliphatic rings. The van der Waals surface area contributed by atoms with Gasteiger partial charge in [0.2, 0.25) is 5.88 Å². The van der Waals surface area contributed by atoms with E-state index in [1.807, 2.05) is 49.4 Å². The topological polar surface area (TPSA) is 47.9 Å². The quantitative estimate of drug-likeness (QED) is 0.691. The van der Waals surface area contributed by atoms with Gasteiger partial charge in [-0.05, 0) is 37.1 Å². The first-order valence-electron chi connectivity index (χ1n) is 7.79. The normalized spacial score (nSPS) is 10.5. The Kier molecular flexibility index (Phi) is 4.62. The smallest absolute Gasteiger partial charge is 0.219 e. The Morgan fingerprint density at radius 3 is 2.65 bits per heavy atom. The summed E-state index contributed by atoms with van der Waals surface area (Å²) < 4.78 is 5.99. The number of nitrogens with zero attached hydrogens (tertiary/aromatic N) is 3. The molecule has 0 bridgehead atoms. The number of para-hydroxylation sites is 1. The molecule has 0 unspecified atom stereocenters. The number of hydrogen-bond acceptors (Lipinski definition) is 4. The standard InChI is InChI=1S/C19H19N3O/c1-3-7-15-8-4-5-10-17(15)23-18-11-6-9-16(22-18)19-20-13-12-14(2)21-19/h4-6,8-13H,3,7H2,1-2H3. The van der Waals surface area contributed by atoms with Crippen LogP contribution >= 0.6 is 0 Å². The molecule has 1 aromatic carbocycles. The Hall–Kier alpha value is -2.75. The largest absolute Gasteiger partial charge is 0.439 e. The molecule has 0 amide bonds. The number of ether oxygens (including phenoxy) is 1. The second-order valence-corrected chi connectivity index (χ2v) is 5.34. The highest BCUT2D eigenvalue weighted by Crippen LogP contribution is 2.26.